The Hall–Kier alpha value is -2.77. The van der Waals surface area contributed by atoms with Crippen LogP contribution in [0.1, 0.15) is 52.5 Å². The molecule has 1 atom stereocenters. The first-order valence-corrected chi connectivity index (χ1v) is 13.4. The van der Waals surface area contributed by atoms with Crippen molar-refractivity contribution in [3.8, 4) is 11.8 Å². The summed E-state index contributed by atoms with van der Waals surface area (Å²) in [6.45, 7) is 7.67. The summed E-state index contributed by atoms with van der Waals surface area (Å²) in [5.74, 6) is -0.0519. The Balaban J connectivity index is 1.71. The van der Waals surface area contributed by atoms with Crippen LogP contribution in [0.4, 0.5) is 5.69 Å². The molecule has 2 aliphatic rings. The summed E-state index contributed by atoms with van der Waals surface area (Å²) < 4.78 is 41.9. The maximum atomic E-state index is 13.8. The largest absolute Gasteiger partial charge is 0.486 e. The summed E-state index contributed by atoms with van der Waals surface area (Å²) in [6.07, 6.45) is 2.85. The van der Waals surface area contributed by atoms with Gasteiger partial charge in [0.2, 0.25) is 0 Å². The first-order chi connectivity index (χ1) is 16.4. The number of nitriles is 1. The minimum absolute atomic E-state index is 0.0162. The number of esters is 1. The van der Waals surface area contributed by atoms with Crippen molar-refractivity contribution in [2.45, 2.75) is 76.5 Å². The van der Waals surface area contributed by atoms with Crippen LogP contribution in [0.25, 0.3) is 0 Å². The number of anilines is 1. The van der Waals surface area contributed by atoms with E-state index in [1.807, 2.05) is 6.92 Å². The van der Waals surface area contributed by atoms with Crippen molar-refractivity contribution in [3.05, 3.63) is 35.1 Å². The highest BCUT2D eigenvalue weighted by molar-refractivity contribution is 7.93. The first kappa shape index (κ1) is 25.3. The molecule has 1 aromatic carbocycles. The third-order valence-electron chi connectivity index (χ3n) is 6.01. The average Bonchev–Trinajstić information content (AvgIpc) is 3.43. The molecule has 1 fully saturated rings. The summed E-state index contributed by atoms with van der Waals surface area (Å²) in [4.78, 5) is 12.3. The van der Waals surface area contributed by atoms with Crippen molar-refractivity contribution in [1.29, 1.82) is 5.26 Å². The Morgan fingerprint density at radius 1 is 1.37 bits per heavy atom. The number of fused-ring (bicyclic) bond motifs is 1. The van der Waals surface area contributed by atoms with Gasteiger partial charge in [-0.2, -0.15) is 10.4 Å². The van der Waals surface area contributed by atoms with Crippen molar-refractivity contribution < 1.29 is 22.7 Å². The minimum Gasteiger partial charge on any atom is -0.486 e. The number of halogens is 1. The van der Waals surface area contributed by atoms with E-state index in [0.717, 1.165) is 12.8 Å². The standard InChI is InChI=1S/C24H29ClN4O5S/c1-5-28-14-20(22(25)27-28)35(31,32)29-13-17(12-24(15-26)8-9-24)33-19-7-6-16(10-18(19)29)11-21(30)34-23(2,3)4/h6-7,10,14,17H,5,8-9,11-13H2,1-4H3/t17-/m1/s1. The second-order valence-electron chi connectivity index (χ2n) is 10.1. The predicted molar refractivity (Wildman–Crippen MR) is 130 cm³/mol. The lowest BCUT2D eigenvalue weighted by atomic mass is 9.99. The van der Waals surface area contributed by atoms with E-state index in [9.17, 15) is 18.5 Å². The third kappa shape index (κ3) is 5.41. The van der Waals surface area contributed by atoms with Gasteiger partial charge in [-0.25, -0.2) is 8.42 Å². The number of aromatic nitrogens is 2. The van der Waals surface area contributed by atoms with E-state index in [0.29, 0.717) is 30.0 Å². The molecule has 0 amide bonds. The van der Waals surface area contributed by atoms with Gasteiger partial charge in [-0.05, 0) is 58.2 Å². The molecule has 11 heteroatoms. The van der Waals surface area contributed by atoms with E-state index in [-0.39, 0.29) is 23.0 Å². The highest BCUT2D eigenvalue weighted by Crippen LogP contribution is 2.50. The second-order valence-corrected chi connectivity index (χ2v) is 12.3. The first-order valence-electron chi connectivity index (χ1n) is 11.5. The molecule has 188 valence electrons. The summed E-state index contributed by atoms with van der Waals surface area (Å²) >= 11 is 6.22. The highest BCUT2D eigenvalue weighted by atomic mass is 35.5. The number of aryl methyl sites for hydroxylation is 1. The van der Waals surface area contributed by atoms with Gasteiger partial charge in [0.05, 0.1) is 30.1 Å². The third-order valence-corrected chi connectivity index (χ3v) is 8.18. The average molecular weight is 521 g/mol. The van der Waals surface area contributed by atoms with Gasteiger partial charge < -0.3 is 9.47 Å². The quantitative estimate of drug-likeness (QED) is 0.505. The van der Waals surface area contributed by atoms with Crippen LogP contribution >= 0.6 is 11.6 Å². The van der Waals surface area contributed by atoms with Crippen LogP contribution in [0.3, 0.4) is 0 Å². The zero-order valence-electron chi connectivity index (χ0n) is 20.2. The van der Waals surface area contributed by atoms with E-state index in [1.54, 1.807) is 39.0 Å². The number of ether oxygens (including phenoxy) is 2. The molecular weight excluding hydrogens is 492 g/mol. The molecular formula is C24H29ClN4O5S. The van der Waals surface area contributed by atoms with Crippen molar-refractivity contribution >= 4 is 33.3 Å². The highest BCUT2D eigenvalue weighted by Gasteiger charge is 2.47. The molecule has 0 N–H and O–H groups in total. The number of sulfonamides is 1. The molecule has 0 saturated heterocycles. The molecule has 35 heavy (non-hydrogen) atoms. The van der Waals surface area contributed by atoms with Crippen LogP contribution in [0.15, 0.2) is 29.3 Å². The molecule has 0 unspecified atom stereocenters. The van der Waals surface area contributed by atoms with Gasteiger partial charge in [0.1, 0.15) is 22.4 Å². The molecule has 0 bridgehead atoms. The lowest BCUT2D eigenvalue weighted by Gasteiger charge is -2.36. The Bertz CT molecular complexity index is 1290. The molecule has 4 rings (SSSR count). The van der Waals surface area contributed by atoms with Gasteiger partial charge in [-0.1, -0.05) is 17.7 Å². The fraction of sp³-hybridized carbons (Fsp3) is 0.542. The predicted octanol–water partition coefficient (Wildman–Crippen LogP) is 4.09. The molecule has 9 nitrogen and oxygen atoms in total. The van der Waals surface area contributed by atoms with Crippen LogP contribution in [-0.4, -0.2) is 42.4 Å². The van der Waals surface area contributed by atoms with Gasteiger partial charge in [-0.15, -0.1) is 0 Å². The van der Waals surface area contributed by atoms with Crippen molar-refractivity contribution in [2.24, 2.45) is 5.41 Å². The van der Waals surface area contributed by atoms with Crippen molar-refractivity contribution in [1.82, 2.24) is 9.78 Å². The Labute approximate surface area is 210 Å². The SMILES string of the molecule is CCn1cc(S(=O)(=O)N2C[C@@H](CC3(C#N)CC3)Oc3ccc(CC(=O)OC(C)(C)C)cc32)c(Cl)n1. The van der Waals surface area contributed by atoms with Crippen LogP contribution in [0.2, 0.25) is 5.15 Å². The van der Waals surface area contributed by atoms with Crippen molar-refractivity contribution in [3.63, 3.8) is 0 Å². The van der Waals surface area contributed by atoms with E-state index < -0.39 is 33.1 Å². The zero-order chi connectivity index (χ0) is 25.6. The molecule has 2 heterocycles. The number of carbonyl (C=O) groups excluding carboxylic acids is 1. The van der Waals surface area contributed by atoms with E-state index in [2.05, 4.69) is 11.2 Å². The molecule has 0 radical (unpaired) electrons. The minimum atomic E-state index is -4.11. The Kier molecular flexibility index (Phi) is 6.53. The number of hydrogen-bond acceptors (Lipinski definition) is 7. The number of nitrogens with zero attached hydrogens (tertiary/aromatic N) is 4. The maximum Gasteiger partial charge on any atom is 0.310 e. The van der Waals surface area contributed by atoms with Gasteiger partial charge in [0, 0.05) is 19.2 Å². The van der Waals surface area contributed by atoms with Crippen LogP contribution < -0.4 is 9.04 Å². The van der Waals surface area contributed by atoms with E-state index in [1.165, 1.54) is 15.2 Å². The smallest absolute Gasteiger partial charge is 0.310 e. The summed E-state index contributed by atoms with van der Waals surface area (Å²) in [6, 6.07) is 7.35. The van der Waals surface area contributed by atoms with Crippen molar-refractivity contribution in [2.75, 3.05) is 10.8 Å². The normalized spacial score (nSPS) is 18.9. The number of rotatable bonds is 7. The van der Waals surface area contributed by atoms with Crippen LogP contribution in [-0.2, 0) is 32.5 Å². The van der Waals surface area contributed by atoms with Gasteiger partial charge >= 0.3 is 5.97 Å². The zero-order valence-corrected chi connectivity index (χ0v) is 21.8. The Morgan fingerprint density at radius 3 is 2.66 bits per heavy atom. The topological polar surface area (TPSA) is 115 Å². The fourth-order valence-corrected chi connectivity index (χ4v) is 6.08. The van der Waals surface area contributed by atoms with E-state index in [4.69, 9.17) is 21.1 Å². The van der Waals surface area contributed by atoms with Gasteiger partial charge in [0.25, 0.3) is 10.0 Å². The Morgan fingerprint density at radius 2 is 2.09 bits per heavy atom. The van der Waals surface area contributed by atoms with Crippen LogP contribution in [0.5, 0.6) is 5.75 Å². The number of hydrogen-bond donors (Lipinski definition) is 0. The van der Waals surface area contributed by atoms with E-state index >= 15 is 0 Å². The summed E-state index contributed by atoms with van der Waals surface area (Å²) in [7, 11) is -4.11. The lowest BCUT2D eigenvalue weighted by molar-refractivity contribution is -0.153. The molecule has 1 aromatic heterocycles. The van der Waals surface area contributed by atoms with Crippen LogP contribution in [0, 0.1) is 16.7 Å². The molecule has 2 aromatic rings. The molecule has 1 saturated carbocycles. The molecule has 1 aliphatic carbocycles. The molecule has 0 spiro atoms. The maximum absolute atomic E-state index is 13.8. The van der Waals surface area contributed by atoms with Gasteiger partial charge in [0.15, 0.2) is 5.15 Å². The number of benzene rings is 1. The van der Waals surface area contributed by atoms with Gasteiger partial charge in [-0.3, -0.25) is 13.8 Å². The lowest BCUT2D eigenvalue weighted by Crippen LogP contribution is -2.44. The summed E-state index contributed by atoms with van der Waals surface area (Å²) in [5.41, 5.74) is -0.207. The fourth-order valence-electron chi connectivity index (χ4n) is 4.13. The second kappa shape index (κ2) is 9.03. The molecule has 1 aliphatic heterocycles. The summed E-state index contributed by atoms with van der Waals surface area (Å²) in [5, 5.41) is 13.5. The number of carbonyl (C=O) groups is 1. The monoisotopic (exact) mass is 520 g/mol.